The molecule has 0 amide bonds. The van der Waals surface area contributed by atoms with Crippen LogP contribution in [0.1, 0.15) is 12.2 Å². The highest BCUT2D eigenvalue weighted by Gasteiger charge is 2.19. The summed E-state index contributed by atoms with van der Waals surface area (Å²) in [6.45, 7) is 3.11. The third-order valence-electron chi connectivity index (χ3n) is 2.65. The van der Waals surface area contributed by atoms with Crippen LogP contribution in [0, 0.1) is 0 Å². The molecule has 0 spiro atoms. The highest BCUT2D eigenvalue weighted by atomic mass is 79.9. The molecule has 1 aromatic rings. The van der Waals surface area contributed by atoms with Crippen molar-refractivity contribution in [2.75, 3.05) is 20.1 Å². The molecule has 5 heteroatoms. The van der Waals surface area contributed by atoms with Crippen molar-refractivity contribution in [3.05, 3.63) is 21.0 Å². The van der Waals surface area contributed by atoms with Crippen LogP contribution >= 0.6 is 31.9 Å². The van der Waals surface area contributed by atoms with Crippen LogP contribution in [0.4, 0.5) is 0 Å². The van der Waals surface area contributed by atoms with Crippen LogP contribution in [0.5, 0.6) is 0 Å². The number of rotatable bonds is 3. The first-order valence-corrected chi connectivity index (χ1v) is 6.59. The fraction of sp³-hybridized carbons (Fsp3) is 0.600. The number of nitrogens with one attached hydrogen (secondary N) is 1. The predicted molar refractivity (Wildman–Crippen MR) is 66.8 cm³/mol. The van der Waals surface area contributed by atoms with Crippen LogP contribution < -0.4 is 5.32 Å². The van der Waals surface area contributed by atoms with E-state index in [0.717, 1.165) is 28.0 Å². The number of nitrogens with zero attached hydrogens (tertiary/aromatic N) is 1. The lowest BCUT2D eigenvalue weighted by atomic mass is 10.2. The number of furan rings is 1. The third-order valence-corrected chi connectivity index (χ3v) is 4.36. The zero-order chi connectivity index (χ0) is 10.8. The first-order valence-electron chi connectivity index (χ1n) is 5.01. The summed E-state index contributed by atoms with van der Waals surface area (Å²) in [7, 11) is 2.15. The first kappa shape index (κ1) is 11.6. The smallest absolute Gasteiger partial charge is 0.183 e. The molecule has 1 atom stereocenters. The molecule has 1 aliphatic heterocycles. The fourth-order valence-electron chi connectivity index (χ4n) is 1.83. The minimum atomic E-state index is 0.595. The van der Waals surface area contributed by atoms with Crippen LogP contribution in [-0.4, -0.2) is 31.1 Å². The summed E-state index contributed by atoms with van der Waals surface area (Å²) in [5.41, 5.74) is 0. The minimum Gasteiger partial charge on any atom is -0.452 e. The van der Waals surface area contributed by atoms with Crippen LogP contribution in [0.2, 0.25) is 0 Å². The van der Waals surface area contributed by atoms with Gasteiger partial charge in [0.15, 0.2) is 4.67 Å². The SMILES string of the molecule is CN1CCC(NCc2cc(Br)c(Br)o2)C1. The Balaban J connectivity index is 1.83. The highest BCUT2D eigenvalue weighted by Crippen LogP contribution is 2.26. The molecular formula is C10H14Br2N2O. The van der Waals surface area contributed by atoms with E-state index in [0.29, 0.717) is 6.04 Å². The van der Waals surface area contributed by atoms with Gasteiger partial charge in [-0.25, -0.2) is 0 Å². The van der Waals surface area contributed by atoms with E-state index in [9.17, 15) is 0 Å². The van der Waals surface area contributed by atoms with E-state index in [1.54, 1.807) is 0 Å². The van der Waals surface area contributed by atoms with Crippen molar-refractivity contribution < 1.29 is 4.42 Å². The summed E-state index contributed by atoms with van der Waals surface area (Å²) in [5, 5.41) is 3.49. The minimum absolute atomic E-state index is 0.595. The first-order chi connectivity index (χ1) is 7.15. The van der Waals surface area contributed by atoms with Gasteiger partial charge in [0.05, 0.1) is 11.0 Å². The summed E-state index contributed by atoms with van der Waals surface area (Å²) in [6, 6.07) is 2.59. The molecule has 1 aromatic heterocycles. The molecule has 2 rings (SSSR count). The van der Waals surface area contributed by atoms with Crippen molar-refractivity contribution in [1.29, 1.82) is 0 Å². The molecular weight excluding hydrogens is 324 g/mol. The number of hydrogen-bond acceptors (Lipinski definition) is 3. The third kappa shape index (κ3) is 3.06. The molecule has 1 saturated heterocycles. The second-order valence-electron chi connectivity index (χ2n) is 3.96. The van der Waals surface area contributed by atoms with Gasteiger partial charge in [-0.15, -0.1) is 0 Å². The molecule has 1 aliphatic rings. The van der Waals surface area contributed by atoms with Gasteiger partial charge in [-0.1, -0.05) is 0 Å². The van der Waals surface area contributed by atoms with Crippen LogP contribution in [0.25, 0.3) is 0 Å². The molecule has 0 aliphatic carbocycles. The van der Waals surface area contributed by atoms with E-state index in [4.69, 9.17) is 4.42 Å². The van der Waals surface area contributed by atoms with Gasteiger partial charge < -0.3 is 14.6 Å². The number of halogens is 2. The molecule has 15 heavy (non-hydrogen) atoms. The molecule has 84 valence electrons. The van der Waals surface area contributed by atoms with Crippen LogP contribution in [0.15, 0.2) is 19.6 Å². The Morgan fingerprint density at radius 3 is 2.93 bits per heavy atom. The Bertz CT molecular complexity index is 321. The van der Waals surface area contributed by atoms with Crippen molar-refractivity contribution in [2.45, 2.75) is 19.0 Å². The second kappa shape index (κ2) is 4.99. The van der Waals surface area contributed by atoms with Crippen molar-refractivity contribution in [3.8, 4) is 0 Å². The number of likely N-dealkylation sites (N-methyl/N-ethyl adjacent to an activating group) is 1. The van der Waals surface area contributed by atoms with Crippen molar-refractivity contribution >= 4 is 31.9 Å². The number of likely N-dealkylation sites (tertiary alicyclic amines) is 1. The van der Waals surface area contributed by atoms with E-state index in [1.807, 2.05) is 6.07 Å². The van der Waals surface area contributed by atoms with E-state index >= 15 is 0 Å². The largest absolute Gasteiger partial charge is 0.452 e. The Hall–Kier alpha value is 0.160. The van der Waals surface area contributed by atoms with E-state index in [1.165, 1.54) is 13.0 Å². The molecule has 0 radical (unpaired) electrons. The van der Waals surface area contributed by atoms with Gasteiger partial charge >= 0.3 is 0 Å². The fourth-order valence-corrected chi connectivity index (χ4v) is 2.48. The molecule has 1 N–H and O–H groups in total. The summed E-state index contributed by atoms with van der Waals surface area (Å²) >= 11 is 6.73. The second-order valence-corrected chi connectivity index (χ2v) is 5.54. The zero-order valence-electron chi connectivity index (χ0n) is 8.59. The van der Waals surface area contributed by atoms with Gasteiger partial charge in [-0.2, -0.15) is 0 Å². The molecule has 0 aromatic carbocycles. The van der Waals surface area contributed by atoms with Crippen molar-refractivity contribution in [2.24, 2.45) is 0 Å². The lowest BCUT2D eigenvalue weighted by molar-refractivity contribution is 0.388. The van der Waals surface area contributed by atoms with Crippen molar-refractivity contribution in [1.82, 2.24) is 10.2 Å². The van der Waals surface area contributed by atoms with Gasteiger partial charge in [0.2, 0.25) is 0 Å². The summed E-state index contributed by atoms with van der Waals surface area (Å²) in [4.78, 5) is 2.34. The normalized spacial score (nSPS) is 22.5. The maximum atomic E-state index is 5.49. The topological polar surface area (TPSA) is 28.4 Å². The summed E-state index contributed by atoms with van der Waals surface area (Å²) in [5.74, 6) is 0.961. The number of hydrogen-bond donors (Lipinski definition) is 1. The molecule has 3 nitrogen and oxygen atoms in total. The molecule has 1 fully saturated rings. The lowest BCUT2D eigenvalue weighted by Crippen LogP contribution is -2.30. The van der Waals surface area contributed by atoms with Gasteiger partial charge in [-0.05, 0) is 57.9 Å². The van der Waals surface area contributed by atoms with Gasteiger partial charge in [-0.3, -0.25) is 0 Å². The average molecular weight is 338 g/mol. The maximum absolute atomic E-state index is 5.49. The van der Waals surface area contributed by atoms with Gasteiger partial charge in [0.1, 0.15) is 5.76 Å². The molecule has 0 saturated carbocycles. The summed E-state index contributed by atoms with van der Waals surface area (Å²) in [6.07, 6.45) is 1.22. The van der Waals surface area contributed by atoms with Crippen LogP contribution in [-0.2, 0) is 6.54 Å². The van der Waals surface area contributed by atoms with E-state index in [-0.39, 0.29) is 0 Å². The summed E-state index contributed by atoms with van der Waals surface area (Å²) < 4.78 is 7.24. The maximum Gasteiger partial charge on any atom is 0.183 e. The predicted octanol–water partition coefficient (Wildman–Crippen LogP) is 2.60. The lowest BCUT2D eigenvalue weighted by Gasteiger charge is -2.11. The Labute approximate surface area is 106 Å². The van der Waals surface area contributed by atoms with Crippen molar-refractivity contribution in [3.63, 3.8) is 0 Å². The van der Waals surface area contributed by atoms with E-state index < -0.39 is 0 Å². The molecule has 0 bridgehead atoms. The Morgan fingerprint density at radius 1 is 1.60 bits per heavy atom. The Kier molecular flexibility index (Phi) is 3.88. The monoisotopic (exact) mass is 336 g/mol. The Morgan fingerprint density at radius 2 is 2.40 bits per heavy atom. The highest BCUT2D eigenvalue weighted by molar-refractivity contribution is 9.13. The van der Waals surface area contributed by atoms with Gasteiger partial charge in [0.25, 0.3) is 0 Å². The standard InChI is InChI=1S/C10H14Br2N2O/c1-14-3-2-7(6-14)13-5-8-4-9(11)10(12)15-8/h4,7,13H,2-3,5-6H2,1H3. The van der Waals surface area contributed by atoms with Crippen LogP contribution in [0.3, 0.4) is 0 Å². The van der Waals surface area contributed by atoms with E-state index in [2.05, 4.69) is 49.1 Å². The zero-order valence-corrected chi connectivity index (χ0v) is 11.8. The van der Waals surface area contributed by atoms with Gasteiger partial charge in [0, 0.05) is 12.6 Å². The average Bonchev–Trinajstić information content (AvgIpc) is 2.72. The quantitative estimate of drug-likeness (QED) is 0.919. The molecule has 1 unspecified atom stereocenters. The molecule has 2 heterocycles.